The minimum absolute atomic E-state index is 0.0383. The third-order valence-corrected chi connectivity index (χ3v) is 2.60. The number of hydrogen-bond acceptors (Lipinski definition) is 1. The van der Waals surface area contributed by atoms with Gasteiger partial charge in [-0.05, 0) is 11.6 Å². The highest BCUT2D eigenvalue weighted by molar-refractivity contribution is 5.87. The first kappa shape index (κ1) is 9.77. The minimum Gasteiger partial charge on any atom is -0.324 e. The van der Waals surface area contributed by atoms with E-state index in [9.17, 15) is 4.79 Å². The molecule has 0 spiro atoms. The number of nitrogens with zero attached hydrogens (tertiary/aromatic N) is 2. The van der Waals surface area contributed by atoms with Gasteiger partial charge in [0.15, 0.2) is 0 Å². The zero-order valence-electron chi connectivity index (χ0n) is 8.97. The molecule has 1 heterocycles. The fourth-order valence-electron chi connectivity index (χ4n) is 1.72. The lowest BCUT2D eigenvalue weighted by atomic mass is 10.1. The van der Waals surface area contributed by atoms with Gasteiger partial charge in [-0.2, -0.15) is 0 Å². The smallest absolute Gasteiger partial charge is 0.324 e. The van der Waals surface area contributed by atoms with Crippen LogP contribution in [0.1, 0.15) is 5.56 Å². The molecule has 3 heteroatoms. The topological polar surface area (TPSA) is 23.6 Å². The third kappa shape index (κ3) is 1.73. The Labute approximate surface area is 89.6 Å². The monoisotopic (exact) mass is 202 g/mol. The molecule has 0 radical (unpaired) electrons. The Bertz CT molecular complexity index is 397. The molecule has 1 aliphatic heterocycles. The summed E-state index contributed by atoms with van der Waals surface area (Å²) in [6.45, 7) is 0.674. The standard InChI is InChI=1S/C12H14N2O/c1-13-9-8-11(14(2)12(13)15)10-6-4-3-5-7-10/h3-8H,9H2,1-2H3. The number of benzene rings is 1. The maximum absolute atomic E-state index is 11.7. The van der Waals surface area contributed by atoms with Crippen LogP contribution in [-0.2, 0) is 0 Å². The third-order valence-electron chi connectivity index (χ3n) is 2.60. The second-order valence-corrected chi connectivity index (χ2v) is 3.68. The molecular weight excluding hydrogens is 188 g/mol. The molecule has 0 atom stereocenters. The van der Waals surface area contributed by atoms with Gasteiger partial charge < -0.3 is 4.90 Å². The van der Waals surface area contributed by atoms with E-state index in [-0.39, 0.29) is 6.03 Å². The van der Waals surface area contributed by atoms with E-state index in [1.165, 1.54) is 0 Å². The van der Waals surface area contributed by atoms with E-state index in [0.717, 1.165) is 11.3 Å². The van der Waals surface area contributed by atoms with Gasteiger partial charge in [0, 0.05) is 20.6 Å². The van der Waals surface area contributed by atoms with E-state index in [4.69, 9.17) is 0 Å². The predicted octanol–water partition coefficient (Wildman–Crippen LogP) is 2.02. The first-order chi connectivity index (χ1) is 7.20. The molecule has 78 valence electrons. The Balaban J connectivity index is 2.35. The lowest BCUT2D eigenvalue weighted by Crippen LogP contribution is -2.41. The summed E-state index contributed by atoms with van der Waals surface area (Å²) in [5.41, 5.74) is 2.07. The normalized spacial score (nSPS) is 16.7. The first-order valence-corrected chi connectivity index (χ1v) is 4.94. The van der Waals surface area contributed by atoms with Crippen molar-refractivity contribution in [3.05, 3.63) is 42.0 Å². The van der Waals surface area contributed by atoms with E-state index >= 15 is 0 Å². The van der Waals surface area contributed by atoms with Crippen molar-refractivity contribution >= 4 is 11.7 Å². The van der Waals surface area contributed by atoms with E-state index < -0.39 is 0 Å². The van der Waals surface area contributed by atoms with E-state index in [2.05, 4.69) is 6.08 Å². The highest BCUT2D eigenvalue weighted by Crippen LogP contribution is 2.21. The molecule has 15 heavy (non-hydrogen) atoms. The summed E-state index contributed by atoms with van der Waals surface area (Å²) in [6, 6.07) is 10.00. The van der Waals surface area contributed by atoms with Crippen molar-refractivity contribution in [2.75, 3.05) is 20.6 Å². The summed E-state index contributed by atoms with van der Waals surface area (Å²) in [6.07, 6.45) is 2.07. The van der Waals surface area contributed by atoms with Crippen molar-refractivity contribution in [2.45, 2.75) is 0 Å². The zero-order chi connectivity index (χ0) is 10.8. The van der Waals surface area contributed by atoms with Crippen LogP contribution >= 0.6 is 0 Å². The molecule has 1 aromatic rings. The molecule has 0 saturated carbocycles. The number of amides is 2. The van der Waals surface area contributed by atoms with Gasteiger partial charge >= 0.3 is 6.03 Å². The summed E-state index contributed by atoms with van der Waals surface area (Å²) in [5.74, 6) is 0. The minimum atomic E-state index is 0.0383. The SMILES string of the molecule is CN1CC=C(c2ccccc2)N(C)C1=O. The highest BCUT2D eigenvalue weighted by atomic mass is 16.2. The molecule has 1 aromatic carbocycles. The summed E-state index contributed by atoms with van der Waals surface area (Å²) in [5, 5.41) is 0. The maximum Gasteiger partial charge on any atom is 0.324 e. The number of urea groups is 1. The van der Waals surface area contributed by atoms with Gasteiger partial charge in [-0.1, -0.05) is 30.3 Å². The van der Waals surface area contributed by atoms with E-state index in [1.54, 1.807) is 23.9 Å². The number of hydrogen-bond donors (Lipinski definition) is 0. The summed E-state index contributed by atoms with van der Waals surface area (Å²) >= 11 is 0. The van der Waals surface area contributed by atoms with Crippen LogP contribution in [0.5, 0.6) is 0 Å². The second kappa shape index (κ2) is 3.77. The van der Waals surface area contributed by atoms with Crippen molar-refractivity contribution in [3.63, 3.8) is 0 Å². The molecule has 3 nitrogen and oxygen atoms in total. The Hall–Kier alpha value is -1.77. The summed E-state index contributed by atoms with van der Waals surface area (Å²) < 4.78 is 0. The second-order valence-electron chi connectivity index (χ2n) is 3.68. The van der Waals surface area contributed by atoms with Crippen LogP contribution in [0, 0.1) is 0 Å². The van der Waals surface area contributed by atoms with Crippen LogP contribution in [0.15, 0.2) is 36.4 Å². The average Bonchev–Trinajstić information content (AvgIpc) is 2.27. The fraction of sp³-hybridized carbons (Fsp3) is 0.250. The van der Waals surface area contributed by atoms with Gasteiger partial charge in [-0.25, -0.2) is 4.79 Å². The molecular formula is C12H14N2O. The Morgan fingerprint density at radius 1 is 1.13 bits per heavy atom. The fourth-order valence-corrected chi connectivity index (χ4v) is 1.72. The number of carbonyl (C=O) groups is 1. The van der Waals surface area contributed by atoms with E-state index in [0.29, 0.717) is 6.54 Å². The Kier molecular flexibility index (Phi) is 2.46. The summed E-state index contributed by atoms with van der Waals surface area (Å²) in [7, 11) is 3.61. The summed E-state index contributed by atoms with van der Waals surface area (Å²) in [4.78, 5) is 15.1. The van der Waals surface area contributed by atoms with Crippen LogP contribution < -0.4 is 0 Å². The molecule has 0 unspecified atom stereocenters. The number of carbonyl (C=O) groups excluding carboxylic acids is 1. The quantitative estimate of drug-likeness (QED) is 0.683. The van der Waals surface area contributed by atoms with Crippen molar-refractivity contribution < 1.29 is 4.79 Å². The van der Waals surface area contributed by atoms with Crippen LogP contribution in [0.25, 0.3) is 5.70 Å². The molecule has 2 amide bonds. The van der Waals surface area contributed by atoms with Crippen molar-refractivity contribution in [2.24, 2.45) is 0 Å². The maximum atomic E-state index is 11.7. The average molecular weight is 202 g/mol. The molecule has 0 aliphatic carbocycles. The van der Waals surface area contributed by atoms with Crippen LogP contribution in [-0.4, -0.2) is 36.5 Å². The largest absolute Gasteiger partial charge is 0.324 e. The van der Waals surface area contributed by atoms with Gasteiger partial charge in [0.2, 0.25) is 0 Å². The lowest BCUT2D eigenvalue weighted by molar-refractivity contribution is 0.190. The predicted molar refractivity (Wildman–Crippen MR) is 60.2 cm³/mol. The highest BCUT2D eigenvalue weighted by Gasteiger charge is 2.22. The van der Waals surface area contributed by atoms with Crippen LogP contribution in [0.3, 0.4) is 0 Å². The van der Waals surface area contributed by atoms with Crippen LogP contribution in [0.2, 0.25) is 0 Å². The molecule has 2 rings (SSSR count). The molecule has 0 aromatic heterocycles. The molecule has 0 bridgehead atoms. The van der Waals surface area contributed by atoms with E-state index in [1.807, 2.05) is 30.3 Å². The molecule has 0 N–H and O–H groups in total. The Morgan fingerprint density at radius 3 is 2.47 bits per heavy atom. The number of likely N-dealkylation sites (N-methyl/N-ethyl adjacent to an activating group) is 1. The molecule has 0 fully saturated rings. The number of rotatable bonds is 1. The van der Waals surface area contributed by atoms with Crippen LogP contribution in [0.4, 0.5) is 4.79 Å². The van der Waals surface area contributed by atoms with Crippen molar-refractivity contribution in [3.8, 4) is 0 Å². The Morgan fingerprint density at radius 2 is 1.80 bits per heavy atom. The molecule has 0 saturated heterocycles. The zero-order valence-corrected chi connectivity index (χ0v) is 8.97. The van der Waals surface area contributed by atoms with Crippen molar-refractivity contribution in [1.29, 1.82) is 0 Å². The van der Waals surface area contributed by atoms with Crippen molar-refractivity contribution in [1.82, 2.24) is 9.80 Å². The molecule has 1 aliphatic rings. The van der Waals surface area contributed by atoms with Gasteiger partial charge in [-0.15, -0.1) is 0 Å². The van der Waals surface area contributed by atoms with Gasteiger partial charge in [0.1, 0.15) is 0 Å². The van der Waals surface area contributed by atoms with Gasteiger partial charge in [0.25, 0.3) is 0 Å². The first-order valence-electron chi connectivity index (χ1n) is 4.94. The lowest BCUT2D eigenvalue weighted by Gasteiger charge is -2.31. The van der Waals surface area contributed by atoms with Gasteiger partial charge in [-0.3, -0.25) is 4.90 Å². The van der Waals surface area contributed by atoms with Gasteiger partial charge in [0.05, 0.1) is 5.70 Å².